The average Bonchev–Trinajstić information content (AvgIpc) is 2.99. The first-order chi connectivity index (χ1) is 11.6. The van der Waals surface area contributed by atoms with Gasteiger partial charge in [-0.1, -0.05) is 18.1 Å². The van der Waals surface area contributed by atoms with Crippen molar-refractivity contribution >= 4 is 5.91 Å². The second-order valence-electron chi connectivity index (χ2n) is 6.11. The summed E-state index contributed by atoms with van der Waals surface area (Å²) in [6, 6.07) is 6.00. The van der Waals surface area contributed by atoms with Gasteiger partial charge in [0.05, 0.1) is 0 Å². The maximum Gasteiger partial charge on any atom is 0.295 e. The molecule has 1 aliphatic heterocycles. The summed E-state index contributed by atoms with van der Waals surface area (Å²) in [5.41, 5.74) is 0.462. The summed E-state index contributed by atoms with van der Waals surface area (Å²) in [7, 11) is 2.06. The number of carbonyl (C=O) groups excluding carboxylic acids is 1. The van der Waals surface area contributed by atoms with E-state index in [0.717, 1.165) is 25.9 Å². The zero-order valence-electron chi connectivity index (χ0n) is 13.9. The molecule has 1 atom stereocenters. The van der Waals surface area contributed by atoms with E-state index in [1.165, 1.54) is 12.1 Å². The molecule has 1 aliphatic rings. The van der Waals surface area contributed by atoms with Gasteiger partial charge in [-0.25, -0.2) is 4.39 Å². The zero-order valence-corrected chi connectivity index (χ0v) is 13.9. The van der Waals surface area contributed by atoms with Crippen LogP contribution < -0.4 is 0 Å². The Morgan fingerprint density at radius 1 is 1.42 bits per heavy atom. The summed E-state index contributed by atoms with van der Waals surface area (Å²) in [5, 5.41) is 3.80. The number of aromatic nitrogens is 2. The molecule has 24 heavy (non-hydrogen) atoms. The molecule has 1 amide bonds. The van der Waals surface area contributed by atoms with Crippen LogP contribution in [0.2, 0.25) is 0 Å². The molecule has 2 aromatic rings. The standard InChI is InChI=1S/C17H21FN4O2/c1-3-14-11-21(2)8-5-9-22(14)17(23)15-19-16(24-20-15)12-6-4-7-13(18)10-12/h4,6-7,10,14H,3,5,8-9,11H2,1-2H3. The first-order valence-electron chi connectivity index (χ1n) is 8.17. The second-order valence-corrected chi connectivity index (χ2v) is 6.11. The third-order valence-corrected chi connectivity index (χ3v) is 4.32. The van der Waals surface area contributed by atoms with Crippen LogP contribution in [0.15, 0.2) is 28.8 Å². The highest BCUT2D eigenvalue weighted by Crippen LogP contribution is 2.20. The van der Waals surface area contributed by atoms with E-state index in [4.69, 9.17) is 4.52 Å². The number of rotatable bonds is 3. The lowest BCUT2D eigenvalue weighted by Gasteiger charge is -2.29. The van der Waals surface area contributed by atoms with Gasteiger partial charge in [0.2, 0.25) is 0 Å². The van der Waals surface area contributed by atoms with Gasteiger partial charge in [0.1, 0.15) is 5.82 Å². The molecule has 7 heteroatoms. The topological polar surface area (TPSA) is 62.5 Å². The van der Waals surface area contributed by atoms with E-state index >= 15 is 0 Å². The number of halogens is 1. The maximum absolute atomic E-state index is 13.3. The van der Waals surface area contributed by atoms with Crippen LogP contribution in [-0.4, -0.2) is 58.6 Å². The molecule has 128 valence electrons. The fraction of sp³-hybridized carbons (Fsp3) is 0.471. The summed E-state index contributed by atoms with van der Waals surface area (Å²) < 4.78 is 18.5. The predicted molar refractivity (Wildman–Crippen MR) is 86.9 cm³/mol. The molecule has 0 bridgehead atoms. The molecule has 3 rings (SSSR count). The number of hydrogen-bond acceptors (Lipinski definition) is 5. The fourth-order valence-electron chi connectivity index (χ4n) is 3.04. The number of nitrogens with zero attached hydrogens (tertiary/aromatic N) is 4. The highest BCUT2D eigenvalue weighted by atomic mass is 19.1. The van der Waals surface area contributed by atoms with Gasteiger partial charge in [-0.05, 0) is 44.6 Å². The van der Waals surface area contributed by atoms with Crippen molar-refractivity contribution in [2.75, 3.05) is 26.7 Å². The van der Waals surface area contributed by atoms with Gasteiger partial charge >= 0.3 is 0 Å². The van der Waals surface area contributed by atoms with Crippen molar-refractivity contribution in [3.63, 3.8) is 0 Å². The summed E-state index contributed by atoms with van der Waals surface area (Å²) in [4.78, 5) is 21.0. The van der Waals surface area contributed by atoms with Crippen molar-refractivity contribution < 1.29 is 13.7 Å². The van der Waals surface area contributed by atoms with E-state index in [2.05, 4.69) is 29.0 Å². The predicted octanol–water partition coefficient (Wildman–Crippen LogP) is 2.43. The number of benzene rings is 1. The van der Waals surface area contributed by atoms with Crippen molar-refractivity contribution in [3.05, 3.63) is 35.9 Å². The molecule has 1 fully saturated rings. The Balaban J connectivity index is 1.82. The van der Waals surface area contributed by atoms with Gasteiger partial charge in [-0.2, -0.15) is 4.98 Å². The summed E-state index contributed by atoms with van der Waals surface area (Å²) in [5.74, 6) is -0.446. The van der Waals surface area contributed by atoms with E-state index in [-0.39, 0.29) is 29.5 Å². The van der Waals surface area contributed by atoms with Crippen molar-refractivity contribution in [2.45, 2.75) is 25.8 Å². The quantitative estimate of drug-likeness (QED) is 0.864. The first-order valence-corrected chi connectivity index (χ1v) is 8.17. The highest BCUT2D eigenvalue weighted by Gasteiger charge is 2.29. The van der Waals surface area contributed by atoms with Crippen LogP contribution in [0, 0.1) is 5.82 Å². The Bertz CT molecular complexity index is 718. The van der Waals surface area contributed by atoms with Crippen LogP contribution in [0.25, 0.3) is 11.5 Å². The molecule has 0 aliphatic carbocycles. The Morgan fingerprint density at radius 2 is 2.25 bits per heavy atom. The minimum absolute atomic E-state index is 0.0252. The van der Waals surface area contributed by atoms with Gasteiger partial charge in [0.25, 0.3) is 17.6 Å². The third-order valence-electron chi connectivity index (χ3n) is 4.32. The molecular weight excluding hydrogens is 311 g/mol. The van der Waals surface area contributed by atoms with Gasteiger partial charge in [-0.15, -0.1) is 0 Å². The summed E-state index contributed by atoms with van der Waals surface area (Å²) >= 11 is 0. The second kappa shape index (κ2) is 7.09. The Kier molecular flexibility index (Phi) is 4.89. The molecule has 1 aromatic carbocycles. The lowest BCUT2D eigenvalue weighted by molar-refractivity contribution is 0.0660. The van der Waals surface area contributed by atoms with Crippen LogP contribution in [0.4, 0.5) is 4.39 Å². The van der Waals surface area contributed by atoms with Crippen LogP contribution >= 0.6 is 0 Å². The van der Waals surface area contributed by atoms with E-state index in [1.807, 2.05) is 4.90 Å². The first kappa shape index (κ1) is 16.6. The van der Waals surface area contributed by atoms with Crippen LogP contribution in [0.3, 0.4) is 0 Å². The fourth-order valence-corrected chi connectivity index (χ4v) is 3.04. The van der Waals surface area contributed by atoms with E-state index in [0.29, 0.717) is 12.1 Å². The van der Waals surface area contributed by atoms with Crippen molar-refractivity contribution in [1.29, 1.82) is 0 Å². The molecule has 1 aromatic heterocycles. The van der Waals surface area contributed by atoms with Crippen LogP contribution in [0.1, 0.15) is 30.4 Å². The van der Waals surface area contributed by atoms with Crippen molar-refractivity contribution in [2.24, 2.45) is 0 Å². The maximum atomic E-state index is 13.3. The van der Waals surface area contributed by atoms with Crippen molar-refractivity contribution in [3.8, 4) is 11.5 Å². The molecule has 6 nitrogen and oxygen atoms in total. The lowest BCUT2D eigenvalue weighted by Crippen LogP contribution is -2.43. The van der Waals surface area contributed by atoms with Gasteiger partial charge in [0, 0.05) is 24.7 Å². The molecule has 1 unspecified atom stereocenters. The highest BCUT2D eigenvalue weighted by molar-refractivity contribution is 5.91. The molecule has 0 radical (unpaired) electrons. The zero-order chi connectivity index (χ0) is 17.1. The van der Waals surface area contributed by atoms with Crippen molar-refractivity contribution in [1.82, 2.24) is 19.9 Å². The van der Waals surface area contributed by atoms with E-state index in [9.17, 15) is 9.18 Å². The molecule has 1 saturated heterocycles. The van der Waals surface area contributed by atoms with E-state index < -0.39 is 0 Å². The Morgan fingerprint density at radius 3 is 3.00 bits per heavy atom. The number of likely N-dealkylation sites (N-methyl/N-ethyl adjacent to an activating group) is 1. The van der Waals surface area contributed by atoms with Gasteiger partial charge in [0.15, 0.2) is 0 Å². The number of carbonyl (C=O) groups is 1. The normalized spacial score (nSPS) is 19.3. The third kappa shape index (κ3) is 3.46. The Hall–Kier alpha value is -2.28. The Labute approximate surface area is 140 Å². The average molecular weight is 332 g/mol. The van der Waals surface area contributed by atoms with Crippen LogP contribution in [0.5, 0.6) is 0 Å². The SMILES string of the molecule is CCC1CN(C)CCCN1C(=O)c1noc(-c2cccc(F)c2)n1. The smallest absolute Gasteiger partial charge is 0.295 e. The largest absolute Gasteiger partial charge is 0.333 e. The molecule has 0 N–H and O–H groups in total. The molecular formula is C17H21FN4O2. The summed E-state index contributed by atoms with van der Waals surface area (Å²) in [6.45, 7) is 4.53. The molecule has 0 spiro atoms. The van der Waals surface area contributed by atoms with Gasteiger partial charge in [-0.3, -0.25) is 4.79 Å². The lowest BCUT2D eigenvalue weighted by atomic mass is 10.2. The number of hydrogen-bond donors (Lipinski definition) is 0. The van der Waals surface area contributed by atoms with Gasteiger partial charge < -0.3 is 14.3 Å². The molecule has 2 heterocycles. The summed E-state index contributed by atoms with van der Waals surface area (Å²) in [6.07, 6.45) is 1.78. The molecule has 0 saturated carbocycles. The minimum atomic E-state index is -0.389. The van der Waals surface area contributed by atoms with Crippen LogP contribution in [-0.2, 0) is 0 Å². The minimum Gasteiger partial charge on any atom is -0.333 e. The number of amides is 1. The monoisotopic (exact) mass is 332 g/mol. The van der Waals surface area contributed by atoms with E-state index in [1.54, 1.807) is 12.1 Å².